The Hall–Kier alpha value is -3.70. The van der Waals surface area contributed by atoms with E-state index in [1.165, 1.54) is 16.6 Å². The highest BCUT2D eigenvalue weighted by atomic mass is 32.2. The second kappa shape index (κ2) is 15.0. The van der Waals surface area contributed by atoms with Crippen LogP contribution < -0.4 is 25.0 Å². The molecule has 2 N–H and O–H groups in total. The number of hydrogen-bond acceptors (Lipinski definition) is 11. The Balaban J connectivity index is 1.70. The fourth-order valence-electron chi connectivity index (χ4n) is 4.76. The monoisotopic (exact) mass is 688 g/mol. The molecule has 0 saturated carbocycles. The molecule has 2 aromatic heterocycles. The van der Waals surface area contributed by atoms with Crippen LogP contribution in [-0.2, 0) is 26.3 Å². The normalized spacial score (nSPS) is 14.2. The van der Waals surface area contributed by atoms with E-state index in [-0.39, 0.29) is 31.0 Å². The smallest absolute Gasteiger partial charge is 0.247 e. The first-order valence-electron chi connectivity index (χ1n) is 15.4. The third-order valence-electron chi connectivity index (χ3n) is 7.67. The van der Waals surface area contributed by atoms with Crippen molar-refractivity contribution in [2.75, 3.05) is 82.8 Å². The van der Waals surface area contributed by atoms with Crippen molar-refractivity contribution in [3.8, 4) is 11.6 Å². The third kappa shape index (κ3) is 9.67. The van der Waals surface area contributed by atoms with Gasteiger partial charge in [0.05, 0.1) is 48.9 Å². The molecule has 1 saturated heterocycles. The molecule has 258 valence electrons. The van der Waals surface area contributed by atoms with Gasteiger partial charge in [-0.1, -0.05) is 26.2 Å². The first-order valence-corrected chi connectivity index (χ1v) is 21.0. The molecule has 0 aliphatic carbocycles. The second-order valence-electron chi connectivity index (χ2n) is 13.2. The Morgan fingerprint density at radius 3 is 2.49 bits per heavy atom. The zero-order valence-electron chi connectivity index (χ0n) is 28.7. The SMILES string of the molecule is C=CC(=O)Nc1cc(Nc2nc(OC3CN(S(C)(=O)=O)C3)c3ccn(COCC[Si](C)(C)C)c3n2)c(OC)cc1N(C)CCN(C)C. The molecular formula is C31H48N8O6SSi. The summed E-state index contributed by atoms with van der Waals surface area (Å²) in [7, 11) is 2.94. The maximum atomic E-state index is 12.4. The van der Waals surface area contributed by atoms with Gasteiger partial charge in [0.1, 0.15) is 18.6 Å². The number of anilines is 4. The van der Waals surface area contributed by atoms with Crippen LogP contribution in [0, 0.1) is 0 Å². The number of methoxy groups -OCH3 is 1. The number of nitrogens with one attached hydrogen (secondary N) is 2. The van der Waals surface area contributed by atoms with E-state index in [1.807, 2.05) is 48.9 Å². The molecule has 14 nitrogen and oxygen atoms in total. The summed E-state index contributed by atoms with van der Waals surface area (Å²) in [5.74, 6) is 0.692. The largest absolute Gasteiger partial charge is 0.494 e. The molecule has 16 heteroatoms. The highest BCUT2D eigenvalue weighted by Gasteiger charge is 2.35. The average molecular weight is 689 g/mol. The number of rotatable bonds is 17. The van der Waals surface area contributed by atoms with Gasteiger partial charge in [-0.25, -0.2) is 8.42 Å². The molecular weight excluding hydrogens is 641 g/mol. The number of benzene rings is 1. The molecule has 1 aliphatic rings. The number of aromatic nitrogens is 3. The first kappa shape index (κ1) is 36.1. The van der Waals surface area contributed by atoms with Gasteiger partial charge in [0.2, 0.25) is 27.8 Å². The number of nitrogens with zero attached hydrogens (tertiary/aromatic N) is 6. The molecule has 0 unspecified atom stereocenters. The summed E-state index contributed by atoms with van der Waals surface area (Å²) < 4.78 is 45.2. The average Bonchev–Trinajstić information content (AvgIpc) is 3.37. The van der Waals surface area contributed by atoms with Crippen molar-refractivity contribution in [3.63, 3.8) is 0 Å². The quantitative estimate of drug-likeness (QED) is 0.122. The van der Waals surface area contributed by atoms with Gasteiger partial charge in [-0.2, -0.15) is 14.3 Å². The van der Waals surface area contributed by atoms with Gasteiger partial charge < -0.3 is 39.2 Å². The van der Waals surface area contributed by atoms with Crippen LogP contribution in [0.15, 0.2) is 37.1 Å². The van der Waals surface area contributed by atoms with Crippen LogP contribution in [0.5, 0.6) is 11.6 Å². The number of carbonyl (C=O) groups is 1. The summed E-state index contributed by atoms with van der Waals surface area (Å²) in [5, 5.41) is 6.84. The molecule has 47 heavy (non-hydrogen) atoms. The van der Waals surface area contributed by atoms with Gasteiger partial charge in [-0.05, 0) is 38.3 Å². The number of amides is 1. The van der Waals surface area contributed by atoms with E-state index in [2.05, 4.69) is 41.8 Å². The Morgan fingerprint density at radius 1 is 1.15 bits per heavy atom. The topological polar surface area (TPSA) is 143 Å². The van der Waals surface area contributed by atoms with E-state index < -0.39 is 18.1 Å². The van der Waals surface area contributed by atoms with E-state index in [0.717, 1.165) is 18.3 Å². The van der Waals surface area contributed by atoms with Crippen molar-refractivity contribution in [1.29, 1.82) is 0 Å². The second-order valence-corrected chi connectivity index (χ2v) is 20.8. The van der Waals surface area contributed by atoms with E-state index in [0.29, 0.717) is 53.9 Å². The summed E-state index contributed by atoms with van der Waals surface area (Å²) in [5.41, 5.74) is 2.41. The van der Waals surface area contributed by atoms with E-state index in [9.17, 15) is 13.2 Å². The molecule has 1 aliphatic heterocycles. The highest BCUT2D eigenvalue weighted by molar-refractivity contribution is 7.88. The number of likely N-dealkylation sites (N-methyl/N-ethyl adjacent to an activating group) is 2. The first-order chi connectivity index (χ1) is 22.1. The minimum absolute atomic E-state index is 0.224. The molecule has 1 amide bonds. The minimum Gasteiger partial charge on any atom is -0.494 e. The standard InChI is InChI=1S/C31H48N8O6SSi/c1-10-28(40)32-24-17-25(27(43-5)18-26(24)37(4)14-13-36(2)3)33-31-34-29-23(11-12-38(29)21-44-15-16-47(7,8)9)30(35-31)45-22-19-39(20-22)46(6,41)42/h10-12,17-18,22H,1,13-16,19-21H2,2-9H3,(H,32,40)(H,33,34,35). The lowest BCUT2D eigenvalue weighted by atomic mass is 10.2. The van der Waals surface area contributed by atoms with Crippen molar-refractivity contribution in [2.45, 2.75) is 38.5 Å². The molecule has 1 aromatic carbocycles. The Morgan fingerprint density at radius 2 is 1.87 bits per heavy atom. The predicted octanol–water partition coefficient (Wildman–Crippen LogP) is 3.64. The number of fused-ring (bicyclic) bond motifs is 1. The predicted molar refractivity (Wildman–Crippen MR) is 189 cm³/mol. The molecule has 3 heterocycles. The zero-order valence-corrected chi connectivity index (χ0v) is 30.5. The maximum Gasteiger partial charge on any atom is 0.247 e. The Bertz CT molecular complexity index is 1690. The van der Waals surface area contributed by atoms with Crippen LogP contribution in [0.2, 0.25) is 25.7 Å². The van der Waals surface area contributed by atoms with Gasteiger partial charge in [0, 0.05) is 47.1 Å². The van der Waals surface area contributed by atoms with Crippen molar-refractivity contribution in [3.05, 3.63) is 37.1 Å². The Kier molecular flexibility index (Phi) is 11.6. The molecule has 3 aromatic rings. The van der Waals surface area contributed by atoms with Crippen LogP contribution in [-0.4, -0.2) is 120 Å². The lowest BCUT2D eigenvalue weighted by Crippen LogP contribution is -2.55. The number of ether oxygens (including phenoxy) is 3. The van der Waals surface area contributed by atoms with Gasteiger partial charge >= 0.3 is 0 Å². The highest BCUT2D eigenvalue weighted by Crippen LogP contribution is 2.38. The van der Waals surface area contributed by atoms with Gasteiger partial charge in [0.25, 0.3) is 0 Å². The van der Waals surface area contributed by atoms with Crippen LogP contribution in [0.4, 0.5) is 23.0 Å². The van der Waals surface area contributed by atoms with Crippen LogP contribution in [0.1, 0.15) is 0 Å². The molecule has 0 atom stereocenters. The van der Waals surface area contributed by atoms with Gasteiger partial charge in [-0.15, -0.1) is 0 Å². The molecule has 1 fully saturated rings. The molecule has 4 rings (SSSR count). The third-order valence-corrected chi connectivity index (χ3v) is 10.6. The summed E-state index contributed by atoms with van der Waals surface area (Å²) >= 11 is 0. The summed E-state index contributed by atoms with van der Waals surface area (Å²) in [6.07, 6.45) is 3.91. The van der Waals surface area contributed by atoms with Gasteiger partial charge in [0.15, 0.2) is 5.65 Å². The molecule has 0 radical (unpaired) electrons. The number of hydrogen-bond donors (Lipinski definition) is 2. The number of sulfonamides is 1. The zero-order chi connectivity index (χ0) is 34.5. The van der Waals surface area contributed by atoms with Crippen LogP contribution in [0.25, 0.3) is 11.0 Å². The minimum atomic E-state index is -3.31. The molecule has 0 bridgehead atoms. The maximum absolute atomic E-state index is 12.4. The summed E-state index contributed by atoms with van der Waals surface area (Å²) in [6, 6.07) is 6.51. The summed E-state index contributed by atoms with van der Waals surface area (Å²) in [4.78, 5) is 26.1. The van der Waals surface area contributed by atoms with E-state index in [4.69, 9.17) is 24.2 Å². The van der Waals surface area contributed by atoms with Crippen molar-refractivity contribution in [1.82, 2.24) is 23.7 Å². The van der Waals surface area contributed by atoms with Crippen molar-refractivity contribution >= 4 is 58.0 Å². The number of carbonyl (C=O) groups excluding carboxylic acids is 1. The van der Waals surface area contributed by atoms with Crippen molar-refractivity contribution in [2.24, 2.45) is 0 Å². The Labute approximate surface area is 278 Å². The fraction of sp³-hybridized carbons (Fsp3) is 0.516. The fourth-order valence-corrected chi connectivity index (χ4v) is 6.39. The van der Waals surface area contributed by atoms with Crippen LogP contribution >= 0.6 is 0 Å². The lowest BCUT2D eigenvalue weighted by molar-refractivity contribution is -0.111. The van der Waals surface area contributed by atoms with E-state index >= 15 is 0 Å². The van der Waals surface area contributed by atoms with E-state index in [1.54, 1.807) is 13.2 Å². The van der Waals surface area contributed by atoms with Crippen LogP contribution in [0.3, 0.4) is 0 Å². The van der Waals surface area contributed by atoms with Gasteiger partial charge in [-0.3, -0.25) is 4.79 Å². The lowest BCUT2D eigenvalue weighted by Gasteiger charge is -2.36. The summed E-state index contributed by atoms with van der Waals surface area (Å²) in [6.45, 7) is 13.4. The van der Waals surface area contributed by atoms with Crippen molar-refractivity contribution < 1.29 is 27.4 Å². The molecule has 0 spiro atoms.